The Morgan fingerprint density at radius 1 is 1.07 bits per heavy atom. The summed E-state index contributed by atoms with van der Waals surface area (Å²) in [6, 6.07) is 15.5. The lowest BCUT2D eigenvalue weighted by Crippen LogP contribution is -2.39. The number of carbonyl (C=O) groups excluding carboxylic acids is 1. The lowest BCUT2D eigenvalue weighted by Gasteiger charge is -2.40. The van der Waals surface area contributed by atoms with Crippen molar-refractivity contribution in [1.82, 2.24) is 0 Å². The molecule has 0 spiro atoms. The number of amides is 1. The van der Waals surface area contributed by atoms with Crippen molar-refractivity contribution in [2.24, 2.45) is 5.41 Å². The summed E-state index contributed by atoms with van der Waals surface area (Å²) in [6.45, 7) is 1.87. The van der Waals surface area contributed by atoms with E-state index >= 15 is 0 Å². The van der Waals surface area contributed by atoms with Crippen LogP contribution in [0.1, 0.15) is 62.5 Å². The molecule has 2 aromatic rings. The minimum Gasteiger partial charge on any atom is -0.506 e. The largest absolute Gasteiger partial charge is 0.506 e. The molecule has 4 nitrogen and oxygen atoms in total. The number of phenolic OH excluding ortho intramolecular Hbond substituents is 1. The van der Waals surface area contributed by atoms with Crippen LogP contribution in [-0.2, 0) is 11.2 Å². The van der Waals surface area contributed by atoms with E-state index in [2.05, 4.69) is 17.4 Å². The Kier molecular flexibility index (Phi) is 7.32. The highest BCUT2D eigenvalue weighted by molar-refractivity contribution is 5.93. The number of benzene rings is 2. The van der Waals surface area contributed by atoms with Crippen molar-refractivity contribution >= 4 is 11.6 Å². The second kappa shape index (κ2) is 9.93. The van der Waals surface area contributed by atoms with Gasteiger partial charge in [0, 0.05) is 11.8 Å². The number of aromatic hydroxyl groups is 1. The van der Waals surface area contributed by atoms with Gasteiger partial charge in [-0.05, 0) is 49.8 Å². The average Bonchev–Trinajstić information content (AvgIpc) is 2.70. The van der Waals surface area contributed by atoms with E-state index in [1.807, 2.05) is 31.2 Å². The smallest absolute Gasteiger partial charge is 0.224 e. The number of phenols is 1. The fourth-order valence-corrected chi connectivity index (χ4v) is 4.61. The monoisotopic (exact) mass is 395 g/mol. The summed E-state index contributed by atoms with van der Waals surface area (Å²) in [6.07, 6.45) is 7.59. The van der Waals surface area contributed by atoms with Gasteiger partial charge >= 0.3 is 0 Å². The van der Waals surface area contributed by atoms with Crippen molar-refractivity contribution in [3.63, 3.8) is 0 Å². The second-order valence-electron chi connectivity index (χ2n) is 8.51. The maximum absolute atomic E-state index is 12.7. The molecule has 0 aromatic heterocycles. The van der Waals surface area contributed by atoms with Gasteiger partial charge in [0.2, 0.25) is 5.91 Å². The predicted octanol–water partition coefficient (Wildman–Crippen LogP) is 5.36. The van der Waals surface area contributed by atoms with E-state index in [1.165, 1.54) is 18.4 Å². The molecular formula is C25H33NO3. The minimum absolute atomic E-state index is 0.0864. The molecule has 1 aliphatic rings. The van der Waals surface area contributed by atoms with Crippen molar-refractivity contribution in [2.45, 2.75) is 70.8 Å². The molecule has 2 atom stereocenters. The Labute approximate surface area is 174 Å². The number of rotatable bonds is 6. The quantitative estimate of drug-likeness (QED) is 0.576. The Morgan fingerprint density at radius 3 is 2.59 bits per heavy atom. The van der Waals surface area contributed by atoms with Gasteiger partial charge < -0.3 is 15.5 Å². The lowest BCUT2D eigenvalue weighted by molar-refractivity contribution is -0.117. The second-order valence-corrected chi connectivity index (χ2v) is 8.51. The molecule has 0 saturated heterocycles. The Hall–Kier alpha value is -2.33. The van der Waals surface area contributed by atoms with Crippen LogP contribution < -0.4 is 5.32 Å². The molecule has 0 bridgehead atoms. The highest BCUT2D eigenvalue weighted by Crippen LogP contribution is 2.42. The van der Waals surface area contributed by atoms with Crippen LogP contribution in [0.2, 0.25) is 0 Å². The molecule has 0 aliphatic heterocycles. The third kappa shape index (κ3) is 5.60. The number of aliphatic hydroxyl groups excluding tert-OH is 1. The third-order valence-corrected chi connectivity index (χ3v) is 6.37. The van der Waals surface area contributed by atoms with Crippen LogP contribution >= 0.6 is 0 Å². The van der Waals surface area contributed by atoms with Crippen LogP contribution in [0, 0.1) is 12.3 Å². The average molecular weight is 396 g/mol. The maximum Gasteiger partial charge on any atom is 0.224 e. The van der Waals surface area contributed by atoms with Crippen LogP contribution in [0.25, 0.3) is 0 Å². The number of hydrogen-bond donors (Lipinski definition) is 3. The number of carbonyl (C=O) groups is 1. The van der Waals surface area contributed by atoms with Crippen LogP contribution in [0.4, 0.5) is 5.69 Å². The number of anilines is 1. The molecule has 1 fully saturated rings. The summed E-state index contributed by atoms with van der Waals surface area (Å²) in [7, 11) is 0. The Morgan fingerprint density at radius 2 is 1.83 bits per heavy atom. The number of para-hydroxylation sites is 1. The minimum atomic E-state index is -0.400. The first kappa shape index (κ1) is 21.4. The van der Waals surface area contributed by atoms with Gasteiger partial charge in [-0.2, -0.15) is 0 Å². The third-order valence-electron chi connectivity index (χ3n) is 6.37. The molecule has 1 amide bonds. The van der Waals surface area contributed by atoms with Gasteiger partial charge in [-0.25, -0.2) is 0 Å². The van der Waals surface area contributed by atoms with Gasteiger partial charge in [-0.15, -0.1) is 0 Å². The van der Waals surface area contributed by atoms with Gasteiger partial charge in [0.15, 0.2) is 0 Å². The summed E-state index contributed by atoms with van der Waals surface area (Å²) in [5, 5.41) is 24.0. The molecule has 0 heterocycles. The van der Waals surface area contributed by atoms with Crippen molar-refractivity contribution in [1.29, 1.82) is 0 Å². The zero-order valence-electron chi connectivity index (χ0n) is 17.4. The topological polar surface area (TPSA) is 69.6 Å². The standard InChI is InChI=1S/C25H33NO3/c1-19-10-9-13-21(27)24(19)26-23(29)15-17-25(18-20-11-5-4-6-12-20)16-8-3-2-7-14-22(25)28/h4-6,9-13,22,27-28H,2-3,7-8,14-18H2,1H3,(H,26,29). The molecular weight excluding hydrogens is 362 g/mol. The molecule has 2 aromatic carbocycles. The van der Waals surface area contributed by atoms with Crippen LogP contribution in [0.15, 0.2) is 48.5 Å². The van der Waals surface area contributed by atoms with Crippen LogP contribution in [0.3, 0.4) is 0 Å². The van der Waals surface area contributed by atoms with E-state index in [4.69, 9.17) is 0 Å². The number of aryl methyl sites for hydroxylation is 1. The van der Waals surface area contributed by atoms with E-state index in [0.717, 1.165) is 37.7 Å². The van der Waals surface area contributed by atoms with Gasteiger partial charge in [0.1, 0.15) is 5.75 Å². The molecule has 3 rings (SSSR count). The van der Waals surface area contributed by atoms with Crippen molar-refractivity contribution in [3.8, 4) is 5.75 Å². The maximum atomic E-state index is 12.7. The van der Waals surface area contributed by atoms with Crippen molar-refractivity contribution in [3.05, 3.63) is 59.7 Å². The van der Waals surface area contributed by atoms with Gasteiger partial charge in [0.25, 0.3) is 0 Å². The molecule has 1 saturated carbocycles. The Bertz CT molecular complexity index is 785. The normalized spacial score (nSPS) is 22.5. The number of aliphatic hydroxyl groups is 1. The predicted molar refractivity (Wildman–Crippen MR) is 117 cm³/mol. The highest BCUT2D eigenvalue weighted by atomic mass is 16.3. The zero-order chi connectivity index (χ0) is 20.7. The molecule has 29 heavy (non-hydrogen) atoms. The molecule has 2 unspecified atom stereocenters. The zero-order valence-corrected chi connectivity index (χ0v) is 17.4. The Balaban J connectivity index is 1.74. The molecule has 4 heteroatoms. The first-order valence-electron chi connectivity index (χ1n) is 10.8. The fourth-order valence-electron chi connectivity index (χ4n) is 4.61. The van der Waals surface area contributed by atoms with Gasteiger partial charge in [0.05, 0.1) is 11.8 Å². The van der Waals surface area contributed by atoms with Crippen molar-refractivity contribution in [2.75, 3.05) is 5.32 Å². The first-order chi connectivity index (χ1) is 14.0. The SMILES string of the molecule is Cc1cccc(O)c1NC(=O)CCC1(Cc2ccccc2)CCCCCCC1O. The molecule has 156 valence electrons. The van der Waals surface area contributed by atoms with E-state index in [9.17, 15) is 15.0 Å². The lowest BCUT2D eigenvalue weighted by atomic mass is 9.67. The number of nitrogens with one attached hydrogen (secondary N) is 1. The summed E-state index contributed by atoms with van der Waals surface area (Å²) < 4.78 is 0. The fraction of sp³-hybridized carbons (Fsp3) is 0.480. The summed E-state index contributed by atoms with van der Waals surface area (Å²) >= 11 is 0. The van der Waals surface area contributed by atoms with Crippen LogP contribution in [-0.4, -0.2) is 22.2 Å². The summed E-state index contributed by atoms with van der Waals surface area (Å²) in [5.41, 5.74) is 2.24. The van der Waals surface area contributed by atoms with E-state index in [1.54, 1.807) is 12.1 Å². The highest BCUT2D eigenvalue weighted by Gasteiger charge is 2.38. The first-order valence-corrected chi connectivity index (χ1v) is 10.8. The van der Waals surface area contributed by atoms with E-state index < -0.39 is 6.10 Å². The van der Waals surface area contributed by atoms with Gasteiger partial charge in [-0.3, -0.25) is 4.79 Å². The van der Waals surface area contributed by atoms with E-state index in [-0.39, 0.29) is 17.1 Å². The van der Waals surface area contributed by atoms with Gasteiger partial charge in [-0.1, -0.05) is 68.1 Å². The summed E-state index contributed by atoms with van der Waals surface area (Å²) in [4.78, 5) is 12.7. The molecule has 3 N–H and O–H groups in total. The molecule has 1 aliphatic carbocycles. The van der Waals surface area contributed by atoms with E-state index in [0.29, 0.717) is 18.5 Å². The van der Waals surface area contributed by atoms with Crippen molar-refractivity contribution < 1.29 is 15.0 Å². The molecule has 0 radical (unpaired) electrons. The van der Waals surface area contributed by atoms with Crippen LogP contribution in [0.5, 0.6) is 5.75 Å². The number of hydrogen-bond acceptors (Lipinski definition) is 3. The summed E-state index contributed by atoms with van der Waals surface area (Å²) in [5.74, 6) is -0.0281.